The summed E-state index contributed by atoms with van der Waals surface area (Å²) in [6.07, 6.45) is 2.33. The zero-order valence-electron chi connectivity index (χ0n) is 11.2. The summed E-state index contributed by atoms with van der Waals surface area (Å²) < 4.78 is 0. The van der Waals surface area contributed by atoms with Crippen LogP contribution in [0.25, 0.3) is 0 Å². The minimum atomic E-state index is -0.754. The van der Waals surface area contributed by atoms with Gasteiger partial charge in [0.05, 0.1) is 5.41 Å². The van der Waals surface area contributed by atoms with Crippen LogP contribution in [-0.2, 0) is 19.8 Å². The number of pyridine rings is 1. The van der Waals surface area contributed by atoms with Gasteiger partial charge in [-0.15, -0.1) is 12.4 Å². The molecule has 1 saturated heterocycles. The first-order valence-electron chi connectivity index (χ1n) is 6.00. The quantitative estimate of drug-likeness (QED) is 0.802. The lowest BCUT2D eigenvalue weighted by Gasteiger charge is -2.31. The van der Waals surface area contributed by atoms with Crippen LogP contribution in [0.15, 0.2) is 18.3 Å². The number of rotatable bonds is 2. The maximum Gasteiger partial charge on any atom is 0.236 e. The van der Waals surface area contributed by atoms with Crippen molar-refractivity contribution in [3.05, 3.63) is 23.9 Å². The molecule has 1 aromatic heterocycles. The summed E-state index contributed by atoms with van der Waals surface area (Å²) in [5.41, 5.74) is -0.0260. The second-order valence-corrected chi connectivity index (χ2v) is 4.82. The first-order chi connectivity index (χ1) is 8.91. The number of imide groups is 1. The fourth-order valence-electron chi connectivity index (χ4n) is 2.05. The van der Waals surface area contributed by atoms with Crippen molar-refractivity contribution in [1.29, 1.82) is 0 Å². The molecule has 108 valence electrons. The largest absolute Gasteiger partial charge is 0.311 e. The molecule has 20 heavy (non-hydrogen) atoms. The molecular weight excluding hydrogens is 282 g/mol. The van der Waals surface area contributed by atoms with Gasteiger partial charge in [0.1, 0.15) is 5.82 Å². The summed E-state index contributed by atoms with van der Waals surface area (Å²) in [4.78, 5) is 38.1. The van der Waals surface area contributed by atoms with E-state index in [0.29, 0.717) is 18.7 Å². The lowest BCUT2D eigenvalue weighted by Crippen LogP contribution is -2.49. The molecule has 0 bridgehead atoms. The van der Waals surface area contributed by atoms with Crippen molar-refractivity contribution in [2.45, 2.75) is 32.1 Å². The highest BCUT2D eigenvalue weighted by Crippen LogP contribution is 2.31. The summed E-state index contributed by atoms with van der Waals surface area (Å²) >= 11 is 0. The van der Waals surface area contributed by atoms with Crippen LogP contribution in [-0.4, -0.2) is 22.7 Å². The van der Waals surface area contributed by atoms with Gasteiger partial charge in [-0.05, 0) is 25.0 Å². The topological polar surface area (TPSA) is 88.2 Å². The molecule has 2 rings (SSSR count). The van der Waals surface area contributed by atoms with Crippen LogP contribution < -0.4 is 10.6 Å². The van der Waals surface area contributed by atoms with Gasteiger partial charge in [-0.3, -0.25) is 19.7 Å². The number of anilines is 1. The third-order valence-electron chi connectivity index (χ3n) is 3.31. The van der Waals surface area contributed by atoms with Gasteiger partial charge in [-0.1, -0.05) is 6.07 Å². The number of halogens is 1. The van der Waals surface area contributed by atoms with Gasteiger partial charge in [0.15, 0.2) is 0 Å². The normalized spacial score (nSPS) is 21.7. The van der Waals surface area contributed by atoms with Gasteiger partial charge in [-0.2, -0.15) is 0 Å². The van der Waals surface area contributed by atoms with E-state index in [1.807, 2.05) is 0 Å². The fraction of sp³-hybridized carbons (Fsp3) is 0.385. The number of piperidine rings is 1. The zero-order valence-corrected chi connectivity index (χ0v) is 12.0. The molecule has 0 aromatic carbocycles. The highest BCUT2D eigenvalue weighted by atomic mass is 35.5. The smallest absolute Gasteiger partial charge is 0.236 e. The predicted octanol–water partition coefficient (Wildman–Crippen LogP) is 1.16. The molecule has 7 heteroatoms. The molecule has 0 spiro atoms. The van der Waals surface area contributed by atoms with E-state index in [4.69, 9.17) is 0 Å². The number of hydrogen-bond acceptors (Lipinski definition) is 4. The van der Waals surface area contributed by atoms with Crippen LogP contribution in [0.3, 0.4) is 0 Å². The molecule has 0 saturated carbocycles. The summed E-state index contributed by atoms with van der Waals surface area (Å²) in [5, 5.41) is 4.90. The van der Waals surface area contributed by atoms with Gasteiger partial charge >= 0.3 is 0 Å². The highest BCUT2D eigenvalue weighted by molar-refractivity contribution is 6.03. The second-order valence-electron chi connectivity index (χ2n) is 4.82. The number of hydrogen-bond donors (Lipinski definition) is 2. The van der Waals surface area contributed by atoms with Gasteiger partial charge in [0.2, 0.25) is 17.7 Å². The molecule has 3 amide bonds. The first-order valence-corrected chi connectivity index (χ1v) is 6.00. The number of carbonyl (C=O) groups excluding carboxylic acids is 3. The van der Waals surface area contributed by atoms with Crippen molar-refractivity contribution in [2.75, 3.05) is 5.32 Å². The van der Waals surface area contributed by atoms with E-state index in [0.717, 1.165) is 5.56 Å². The Bertz CT molecular complexity index is 544. The van der Waals surface area contributed by atoms with Crippen LogP contribution in [0, 0.1) is 0 Å². The Morgan fingerprint density at radius 2 is 2.10 bits per heavy atom. The minimum Gasteiger partial charge on any atom is -0.311 e. The van der Waals surface area contributed by atoms with Crippen molar-refractivity contribution < 1.29 is 14.4 Å². The molecule has 1 aliphatic rings. The molecule has 0 radical (unpaired) electrons. The summed E-state index contributed by atoms with van der Waals surface area (Å²) in [6.45, 7) is 3.18. The number of carbonyl (C=O) groups is 3. The molecule has 1 aliphatic heterocycles. The van der Waals surface area contributed by atoms with Crippen molar-refractivity contribution in [3.63, 3.8) is 0 Å². The maximum absolute atomic E-state index is 12.0. The average Bonchev–Trinajstić information content (AvgIpc) is 2.34. The van der Waals surface area contributed by atoms with Gasteiger partial charge in [-0.25, -0.2) is 4.98 Å². The summed E-state index contributed by atoms with van der Waals surface area (Å²) in [5.74, 6) is -0.317. The molecule has 0 aliphatic carbocycles. The Morgan fingerprint density at radius 3 is 2.60 bits per heavy atom. The molecule has 1 atom stereocenters. The summed E-state index contributed by atoms with van der Waals surface area (Å²) in [6, 6.07) is 3.39. The third kappa shape index (κ3) is 3.14. The molecule has 1 aromatic rings. The van der Waals surface area contributed by atoms with Crippen molar-refractivity contribution in [2.24, 2.45) is 0 Å². The van der Waals surface area contributed by atoms with E-state index < -0.39 is 5.41 Å². The van der Waals surface area contributed by atoms with Gasteiger partial charge < -0.3 is 5.32 Å². The molecule has 1 fully saturated rings. The monoisotopic (exact) mass is 297 g/mol. The molecular formula is C13H16ClN3O3. The molecule has 0 unspecified atom stereocenters. The Morgan fingerprint density at radius 1 is 1.40 bits per heavy atom. The number of amides is 3. The van der Waals surface area contributed by atoms with Crippen molar-refractivity contribution in [1.82, 2.24) is 10.3 Å². The van der Waals surface area contributed by atoms with E-state index in [1.165, 1.54) is 6.92 Å². The van der Waals surface area contributed by atoms with E-state index >= 15 is 0 Å². The lowest BCUT2D eigenvalue weighted by atomic mass is 9.76. The Hall–Kier alpha value is -1.95. The van der Waals surface area contributed by atoms with E-state index in [-0.39, 0.29) is 30.1 Å². The highest BCUT2D eigenvalue weighted by Gasteiger charge is 2.40. The Labute approximate surface area is 122 Å². The van der Waals surface area contributed by atoms with Crippen molar-refractivity contribution >= 4 is 35.9 Å². The minimum absolute atomic E-state index is 0. The number of aromatic nitrogens is 1. The van der Waals surface area contributed by atoms with Crippen molar-refractivity contribution in [3.8, 4) is 0 Å². The molecule has 6 nitrogen and oxygen atoms in total. The van der Waals surface area contributed by atoms with Crippen LogP contribution in [0.4, 0.5) is 5.82 Å². The Balaban J connectivity index is 0.00000200. The van der Waals surface area contributed by atoms with Crippen LogP contribution in [0.1, 0.15) is 32.3 Å². The number of nitrogens with zero attached hydrogens (tertiary/aromatic N) is 1. The summed E-state index contributed by atoms with van der Waals surface area (Å²) in [7, 11) is 0. The predicted molar refractivity (Wildman–Crippen MR) is 75.5 cm³/mol. The fourth-order valence-corrected chi connectivity index (χ4v) is 2.05. The van der Waals surface area contributed by atoms with Crippen LogP contribution in [0.5, 0.6) is 0 Å². The second kappa shape index (κ2) is 6.00. The standard InChI is InChI=1S/C13H15N3O3.ClH/c1-8(17)15-10-4-3-9(7-14-10)13(2)6-5-11(18)16-12(13)19;/h3-4,7H,5-6H2,1-2H3,(H,14,15,17)(H,16,18,19);1H/t13-;/m0./s1. The lowest BCUT2D eigenvalue weighted by molar-refractivity contribution is -0.137. The molecule has 2 heterocycles. The first kappa shape index (κ1) is 16.1. The third-order valence-corrected chi connectivity index (χ3v) is 3.31. The van der Waals surface area contributed by atoms with Crippen LogP contribution in [0.2, 0.25) is 0 Å². The van der Waals surface area contributed by atoms with E-state index in [9.17, 15) is 14.4 Å². The van der Waals surface area contributed by atoms with Gasteiger partial charge in [0.25, 0.3) is 0 Å². The van der Waals surface area contributed by atoms with Gasteiger partial charge in [0, 0.05) is 19.5 Å². The zero-order chi connectivity index (χ0) is 14.0. The molecule has 2 N–H and O–H groups in total. The van der Waals surface area contributed by atoms with E-state index in [2.05, 4.69) is 15.6 Å². The average molecular weight is 298 g/mol. The number of nitrogens with one attached hydrogen (secondary N) is 2. The maximum atomic E-state index is 12.0. The van der Waals surface area contributed by atoms with E-state index in [1.54, 1.807) is 25.3 Å². The van der Waals surface area contributed by atoms with Crippen LogP contribution >= 0.6 is 12.4 Å². The SMILES string of the molecule is CC(=O)Nc1ccc([C@]2(C)CCC(=O)NC2=O)cn1.Cl. The Kier molecular flexibility index (Phi) is 4.83.